The molecule has 0 bridgehead atoms. The van der Waals surface area contributed by atoms with Gasteiger partial charge in [0.05, 0.1) is 19.0 Å². The number of methoxy groups -OCH3 is 1. The van der Waals surface area contributed by atoms with Crippen LogP contribution in [-0.4, -0.2) is 41.2 Å². The SMILES string of the molecule is C=CC(=O)Cc1ccccc1Nc1nc(Nc2ccc(CC(=O)COC(C)=O)cc2OC)ncc1Cl. The number of allylic oxidation sites excluding steroid dienone is 1. The lowest BCUT2D eigenvalue weighted by Gasteiger charge is -2.14. The Hall–Kier alpha value is -4.24. The van der Waals surface area contributed by atoms with Crippen molar-refractivity contribution in [3.63, 3.8) is 0 Å². The van der Waals surface area contributed by atoms with Gasteiger partial charge in [0.2, 0.25) is 5.95 Å². The number of anilines is 4. The number of nitrogens with one attached hydrogen (secondary N) is 2. The van der Waals surface area contributed by atoms with Gasteiger partial charge in [0.1, 0.15) is 17.4 Å². The van der Waals surface area contributed by atoms with E-state index in [9.17, 15) is 14.4 Å². The molecule has 186 valence electrons. The maximum atomic E-state index is 12.0. The summed E-state index contributed by atoms with van der Waals surface area (Å²) in [7, 11) is 1.50. The molecule has 3 rings (SSSR count). The molecule has 0 spiro atoms. The van der Waals surface area contributed by atoms with Crippen molar-refractivity contribution in [2.24, 2.45) is 0 Å². The minimum Gasteiger partial charge on any atom is -0.495 e. The van der Waals surface area contributed by atoms with Crippen molar-refractivity contribution in [1.29, 1.82) is 0 Å². The standard InChI is InChI=1S/C26H25ClN4O5/c1-4-19(33)13-18-7-5-6-8-22(18)29-25-21(27)14-28-26(31-25)30-23-10-9-17(12-24(23)35-3)11-20(34)15-36-16(2)32/h4-10,12,14H,1,11,13,15H2,2-3H3,(H2,28,29,30,31). The average Bonchev–Trinajstić information content (AvgIpc) is 2.86. The van der Waals surface area contributed by atoms with Crippen molar-refractivity contribution in [3.8, 4) is 5.75 Å². The predicted molar refractivity (Wildman–Crippen MR) is 137 cm³/mol. The van der Waals surface area contributed by atoms with Gasteiger partial charge >= 0.3 is 5.97 Å². The van der Waals surface area contributed by atoms with Gasteiger partial charge in [-0.15, -0.1) is 0 Å². The number of ether oxygens (including phenoxy) is 2. The molecule has 0 aliphatic carbocycles. The molecule has 0 saturated heterocycles. The zero-order valence-electron chi connectivity index (χ0n) is 19.8. The summed E-state index contributed by atoms with van der Waals surface area (Å²) < 4.78 is 10.2. The second-order valence-corrected chi connectivity index (χ2v) is 8.08. The first-order chi connectivity index (χ1) is 17.3. The summed E-state index contributed by atoms with van der Waals surface area (Å²) in [5, 5.41) is 6.54. The first kappa shape index (κ1) is 26.4. The Bertz CT molecular complexity index is 1300. The van der Waals surface area contributed by atoms with Gasteiger partial charge in [-0.1, -0.05) is 42.4 Å². The Kier molecular flexibility index (Phi) is 9.13. The summed E-state index contributed by atoms with van der Waals surface area (Å²) >= 11 is 6.32. The van der Waals surface area contributed by atoms with Gasteiger partial charge in [-0.3, -0.25) is 14.4 Å². The summed E-state index contributed by atoms with van der Waals surface area (Å²) in [6, 6.07) is 12.5. The molecule has 0 atom stereocenters. The number of halogens is 1. The molecule has 9 nitrogen and oxygen atoms in total. The quantitative estimate of drug-likeness (QED) is 0.267. The van der Waals surface area contributed by atoms with Crippen LogP contribution >= 0.6 is 11.6 Å². The third-order valence-electron chi connectivity index (χ3n) is 4.96. The second-order valence-electron chi connectivity index (χ2n) is 7.67. The van der Waals surface area contributed by atoms with E-state index in [1.807, 2.05) is 24.3 Å². The topological polar surface area (TPSA) is 120 Å². The molecule has 2 N–H and O–H groups in total. The highest BCUT2D eigenvalue weighted by Gasteiger charge is 2.13. The van der Waals surface area contributed by atoms with Crippen LogP contribution in [0.2, 0.25) is 5.02 Å². The van der Waals surface area contributed by atoms with E-state index in [1.54, 1.807) is 18.2 Å². The third-order valence-corrected chi connectivity index (χ3v) is 5.23. The van der Waals surface area contributed by atoms with Crippen LogP contribution in [-0.2, 0) is 32.0 Å². The highest BCUT2D eigenvalue weighted by Crippen LogP contribution is 2.30. The summed E-state index contributed by atoms with van der Waals surface area (Å²) in [4.78, 5) is 43.5. The van der Waals surface area contributed by atoms with Gasteiger partial charge in [0, 0.05) is 25.5 Å². The normalized spacial score (nSPS) is 10.3. The smallest absolute Gasteiger partial charge is 0.303 e. The summed E-state index contributed by atoms with van der Waals surface area (Å²) in [5.74, 6) is 0.210. The minimum atomic E-state index is -0.508. The van der Waals surface area contributed by atoms with Crippen molar-refractivity contribution in [1.82, 2.24) is 9.97 Å². The third kappa shape index (κ3) is 7.38. The number of hydrogen-bond donors (Lipinski definition) is 2. The van der Waals surface area contributed by atoms with E-state index in [4.69, 9.17) is 21.1 Å². The molecule has 0 fully saturated rings. The molecule has 0 amide bonds. The summed E-state index contributed by atoms with van der Waals surface area (Å²) in [5.41, 5.74) is 2.71. The Morgan fingerprint density at radius 1 is 1.08 bits per heavy atom. The number of esters is 1. The number of benzene rings is 2. The number of carbonyl (C=O) groups is 3. The van der Waals surface area contributed by atoms with Crippen molar-refractivity contribution in [2.75, 3.05) is 24.4 Å². The van der Waals surface area contributed by atoms with E-state index in [1.165, 1.54) is 26.3 Å². The minimum absolute atomic E-state index is 0.0865. The number of hydrogen-bond acceptors (Lipinski definition) is 9. The van der Waals surface area contributed by atoms with Crippen LogP contribution in [0, 0.1) is 0 Å². The van der Waals surface area contributed by atoms with E-state index in [2.05, 4.69) is 27.2 Å². The van der Waals surface area contributed by atoms with E-state index in [0.29, 0.717) is 33.5 Å². The van der Waals surface area contributed by atoms with Crippen molar-refractivity contribution >= 4 is 52.3 Å². The summed E-state index contributed by atoms with van der Waals surface area (Å²) in [6.45, 7) is 4.49. The highest BCUT2D eigenvalue weighted by molar-refractivity contribution is 6.32. The first-order valence-electron chi connectivity index (χ1n) is 10.9. The number of ketones is 2. The van der Waals surface area contributed by atoms with Gasteiger partial charge < -0.3 is 20.1 Å². The fraction of sp³-hybridized carbons (Fsp3) is 0.192. The lowest BCUT2D eigenvalue weighted by Crippen LogP contribution is -2.14. The predicted octanol–water partition coefficient (Wildman–Crippen LogP) is 4.60. The fourth-order valence-corrected chi connectivity index (χ4v) is 3.37. The molecule has 1 aromatic heterocycles. The van der Waals surface area contributed by atoms with Gasteiger partial charge in [0.25, 0.3) is 0 Å². The molecule has 1 heterocycles. The largest absolute Gasteiger partial charge is 0.495 e. The number of nitrogens with zero attached hydrogens (tertiary/aromatic N) is 2. The molecule has 0 unspecified atom stereocenters. The van der Waals surface area contributed by atoms with E-state index in [0.717, 1.165) is 5.56 Å². The number of carbonyl (C=O) groups excluding carboxylic acids is 3. The average molecular weight is 509 g/mol. The van der Waals surface area contributed by atoms with Gasteiger partial charge in [-0.25, -0.2) is 4.98 Å². The molecule has 36 heavy (non-hydrogen) atoms. The van der Waals surface area contributed by atoms with Crippen LogP contribution in [0.1, 0.15) is 18.1 Å². The second kappa shape index (κ2) is 12.5. The van der Waals surface area contributed by atoms with Crippen molar-refractivity contribution in [3.05, 3.63) is 77.5 Å². The zero-order chi connectivity index (χ0) is 26.1. The molecule has 0 radical (unpaired) electrons. The van der Waals surface area contributed by atoms with Crippen LogP contribution in [0.15, 0.2) is 61.3 Å². The molecule has 0 aliphatic heterocycles. The molecular formula is C26H25ClN4O5. The van der Waals surface area contributed by atoms with E-state index in [-0.39, 0.29) is 37.0 Å². The molecule has 0 aliphatic rings. The summed E-state index contributed by atoms with van der Waals surface area (Å²) in [6.07, 6.45) is 3.01. The van der Waals surface area contributed by atoms with E-state index < -0.39 is 5.97 Å². The van der Waals surface area contributed by atoms with Crippen LogP contribution in [0.4, 0.5) is 23.1 Å². The van der Waals surface area contributed by atoms with Crippen LogP contribution < -0.4 is 15.4 Å². The highest BCUT2D eigenvalue weighted by atomic mass is 35.5. The molecule has 2 aromatic carbocycles. The number of para-hydroxylation sites is 1. The Balaban J connectivity index is 1.78. The number of aromatic nitrogens is 2. The number of Topliss-reactive ketones (excluding diaryl/α,β-unsaturated/α-hetero) is 1. The molecule has 0 saturated carbocycles. The van der Waals surface area contributed by atoms with Crippen LogP contribution in [0.3, 0.4) is 0 Å². The van der Waals surface area contributed by atoms with Crippen LogP contribution in [0.5, 0.6) is 5.75 Å². The van der Waals surface area contributed by atoms with Gasteiger partial charge in [-0.2, -0.15) is 4.98 Å². The maximum absolute atomic E-state index is 12.0. The van der Waals surface area contributed by atoms with Gasteiger partial charge in [0.15, 0.2) is 17.4 Å². The molecule has 3 aromatic rings. The first-order valence-corrected chi connectivity index (χ1v) is 11.3. The fourth-order valence-electron chi connectivity index (χ4n) is 3.23. The Labute approximate surface area is 213 Å². The van der Waals surface area contributed by atoms with Crippen molar-refractivity contribution < 1.29 is 23.9 Å². The lowest BCUT2D eigenvalue weighted by molar-refractivity contribution is -0.145. The Morgan fingerprint density at radius 2 is 1.86 bits per heavy atom. The zero-order valence-corrected chi connectivity index (χ0v) is 20.6. The van der Waals surface area contributed by atoms with Gasteiger partial charge in [-0.05, 0) is 35.4 Å². The Morgan fingerprint density at radius 3 is 2.58 bits per heavy atom. The van der Waals surface area contributed by atoms with E-state index >= 15 is 0 Å². The number of rotatable bonds is 12. The lowest BCUT2D eigenvalue weighted by atomic mass is 10.1. The molecule has 10 heteroatoms. The molecular weight excluding hydrogens is 484 g/mol. The maximum Gasteiger partial charge on any atom is 0.303 e. The van der Waals surface area contributed by atoms with Crippen LogP contribution in [0.25, 0.3) is 0 Å². The monoisotopic (exact) mass is 508 g/mol. The van der Waals surface area contributed by atoms with Crippen molar-refractivity contribution in [2.45, 2.75) is 19.8 Å².